The summed E-state index contributed by atoms with van der Waals surface area (Å²) in [5.41, 5.74) is 1.82. The van der Waals surface area contributed by atoms with Crippen LogP contribution in [0, 0.1) is 6.92 Å². The van der Waals surface area contributed by atoms with Crippen molar-refractivity contribution in [2.75, 3.05) is 6.61 Å². The van der Waals surface area contributed by atoms with E-state index in [1.165, 1.54) is 11.3 Å². The van der Waals surface area contributed by atoms with E-state index < -0.39 is 6.10 Å². The highest BCUT2D eigenvalue weighted by molar-refractivity contribution is 7.16. The van der Waals surface area contributed by atoms with Crippen molar-refractivity contribution in [3.63, 3.8) is 0 Å². The third kappa shape index (κ3) is 3.50. The second-order valence-electron chi connectivity index (χ2n) is 4.43. The predicted molar refractivity (Wildman–Crippen MR) is 80.4 cm³/mol. The van der Waals surface area contributed by atoms with Crippen LogP contribution in [0.25, 0.3) is 0 Å². The van der Waals surface area contributed by atoms with Gasteiger partial charge in [-0.25, -0.2) is 0 Å². The molecule has 102 valence electrons. The van der Waals surface area contributed by atoms with E-state index in [9.17, 15) is 5.11 Å². The predicted octanol–water partition coefficient (Wildman–Crippen LogP) is 4.58. The molecule has 4 heteroatoms. The highest BCUT2D eigenvalue weighted by atomic mass is 35.5. The van der Waals surface area contributed by atoms with E-state index in [4.69, 9.17) is 16.3 Å². The minimum Gasteiger partial charge on any atom is -0.494 e. The summed E-state index contributed by atoms with van der Waals surface area (Å²) in [4.78, 5) is 0.857. The second-order valence-corrected chi connectivity index (χ2v) is 6.11. The molecule has 0 radical (unpaired) electrons. The Balaban J connectivity index is 2.20. The van der Waals surface area contributed by atoms with Gasteiger partial charge in [0.05, 0.1) is 10.9 Å². The largest absolute Gasteiger partial charge is 0.494 e. The van der Waals surface area contributed by atoms with E-state index in [2.05, 4.69) is 6.92 Å². The van der Waals surface area contributed by atoms with Crippen molar-refractivity contribution in [2.24, 2.45) is 0 Å². The van der Waals surface area contributed by atoms with E-state index >= 15 is 0 Å². The van der Waals surface area contributed by atoms with Crippen LogP contribution in [0.2, 0.25) is 4.34 Å². The van der Waals surface area contributed by atoms with E-state index in [1.54, 1.807) is 0 Å². The van der Waals surface area contributed by atoms with Gasteiger partial charge < -0.3 is 9.84 Å². The first kappa shape index (κ1) is 14.4. The maximum Gasteiger partial charge on any atom is 0.119 e. The van der Waals surface area contributed by atoms with Gasteiger partial charge in [0.1, 0.15) is 11.9 Å². The van der Waals surface area contributed by atoms with E-state index in [0.717, 1.165) is 32.5 Å². The molecule has 0 aliphatic carbocycles. The number of aliphatic hydroxyl groups is 1. The molecule has 1 aromatic carbocycles. The Morgan fingerprint density at radius 2 is 2.16 bits per heavy atom. The van der Waals surface area contributed by atoms with Crippen molar-refractivity contribution in [2.45, 2.75) is 26.4 Å². The van der Waals surface area contributed by atoms with Gasteiger partial charge in [-0.15, -0.1) is 11.3 Å². The average Bonchev–Trinajstić information content (AvgIpc) is 2.76. The summed E-state index contributed by atoms with van der Waals surface area (Å²) in [6, 6.07) is 9.50. The Labute approximate surface area is 122 Å². The minimum atomic E-state index is -0.652. The van der Waals surface area contributed by atoms with E-state index in [0.29, 0.717) is 6.61 Å². The zero-order valence-electron chi connectivity index (χ0n) is 11.0. The van der Waals surface area contributed by atoms with Crippen LogP contribution in [0.4, 0.5) is 0 Å². The Kier molecular flexibility index (Phi) is 4.86. The lowest BCUT2D eigenvalue weighted by molar-refractivity contribution is 0.223. The molecule has 0 amide bonds. The molecule has 2 rings (SSSR count). The number of rotatable bonds is 5. The number of hydrogen-bond donors (Lipinski definition) is 1. The molecule has 0 aliphatic heterocycles. The van der Waals surface area contributed by atoms with Crippen molar-refractivity contribution in [3.05, 3.63) is 50.7 Å². The first-order valence-electron chi connectivity index (χ1n) is 6.28. The van der Waals surface area contributed by atoms with Gasteiger partial charge in [0, 0.05) is 4.88 Å². The number of benzene rings is 1. The molecule has 0 fully saturated rings. The van der Waals surface area contributed by atoms with E-state index in [1.807, 2.05) is 37.3 Å². The Morgan fingerprint density at radius 1 is 1.37 bits per heavy atom. The molecule has 1 atom stereocenters. The molecule has 0 saturated carbocycles. The molecule has 2 aromatic rings. The second kappa shape index (κ2) is 6.42. The zero-order chi connectivity index (χ0) is 13.8. The van der Waals surface area contributed by atoms with Gasteiger partial charge in [-0.3, -0.25) is 0 Å². The fraction of sp³-hybridized carbons (Fsp3) is 0.333. The normalized spacial score (nSPS) is 12.4. The van der Waals surface area contributed by atoms with Crippen LogP contribution >= 0.6 is 22.9 Å². The molecule has 1 N–H and O–H groups in total. The SMILES string of the molecule is CCCOc1cccc(C(O)c2cc(C)c(Cl)s2)c1. The molecule has 1 heterocycles. The van der Waals surface area contributed by atoms with Gasteiger partial charge >= 0.3 is 0 Å². The van der Waals surface area contributed by atoms with Crippen LogP contribution in [0.3, 0.4) is 0 Å². The lowest BCUT2D eigenvalue weighted by atomic mass is 10.1. The number of aliphatic hydroxyl groups excluding tert-OH is 1. The van der Waals surface area contributed by atoms with Crippen molar-refractivity contribution < 1.29 is 9.84 Å². The highest BCUT2D eigenvalue weighted by Gasteiger charge is 2.15. The molecular formula is C15H17ClO2S. The maximum absolute atomic E-state index is 10.4. The summed E-state index contributed by atoms with van der Waals surface area (Å²) >= 11 is 7.46. The Morgan fingerprint density at radius 3 is 2.79 bits per heavy atom. The number of hydrogen-bond acceptors (Lipinski definition) is 3. The minimum absolute atomic E-state index is 0.652. The molecule has 0 bridgehead atoms. The van der Waals surface area contributed by atoms with Gasteiger partial charge in [-0.2, -0.15) is 0 Å². The molecule has 0 spiro atoms. The van der Waals surface area contributed by atoms with Crippen molar-refractivity contribution in [3.8, 4) is 5.75 Å². The summed E-state index contributed by atoms with van der Waals surface area (Å²) in [7, 11) is 0. The molecule has 0 aliphatic rings. The molecule has 1 unspecified atom stereocenters. The van der Waals surface area contributed by atoms with Gasteiger partial charge in [0.25, 0.3) is 0 Å². The topological polar surface area (TPSA) is 29.5 Å². The molecule has 2 nitrogen and oxygen atoms in total. The van der Waals surface area contributed by atoms with Crippen molar-refractivity contribution in [1.29, 1.82) is 0 Å². The van der Waals surface area contributed by atoms with E-state index in [-0.39, 0.29) is 0 Å². The lowest BCUT2D eigenvalue weighted by Gasteiger charge is -2.11. The Bertz CT molecular complexity index is 531. The average molecular weight is 297 g/mol. The highest BCUT2D eigenvalue weighted by Crippen LogP contribution is 2.34. The standard InChI is InChI=1S/C15H17ClO2S/c1-3-7-18-12-6-4-5-11(9-12)14(17)13-8-10(2)15(16)19-13/h4-6,8-9,14,17H,3,7H2,1-2H3. The van der Waals surface area contributed by atoms with Gasteiger partial charge in [-0.1, -0.05) is 30.7 Å². The van der Waals surface area contributed by atoms with Gasteiger partial charge in [0.2, 0.25) is 0 Å². The van der Waals surface area contributed by atoms with Crippen LogP contribution in [-0.4, -0.2) is 11.7 Å². The molecule has 19 heavy (non-hydrogen) atoms. The fourth-order valence-corrected chi connectivity index (χ4v) is 3.01. The summed E-state index contributed by atoms with van der Waals surface area (Å²) in [5, 5.41) is 10.4. The maximum atomic E-state index is 10.4. The van der Waals surface area contributed by atoms with Crippen LogP contribution in [0.1, 0.15) is 35.5 Å². The molecule has 1 aromatic heterocycles. The van der Waals surface area contributed by atoms with Crippen molar-refractivity contribution >= 4 is 22.9 Å². The summed E-state index contributed by atoms with van der Waals surface area (Å²) < 4.78 is 6.31. The third-order valence-corrected chi connectivity index (χ3v) is 4.40. The quantitative estimate of drug-likeness (QED) is 0.875. The summed E-state index contributed by atoms with van der Waals surface area (Å²) in [5.74, 6) is 0.790. The van der Waals surface area contributed by atoms with Crippen LogP contribution in [-0.2, 0) is 0 Å². The fourth-order valence-electron chi connectivity index (χ4n) is 1.78. The number of thiophene rings is 1. The lowest BCUT2D eigenvalue weighted by Crippen LogP contribution is -1.99. The first-order valence-corrected chi connectivity index (χ1v) is 7.48. The number of aryl methyl sites for hydroxylation is 1. The van der Waals surface area contributed by atoms with Gasteiger partial charge in [0.15, 0.2) is 0 Å². The first-order chi connectivity index (χ1) is 9.11. The summed E-state index contributed by atoms with van der Waals surface area (Å²) in [6.07, 6.45) is 0.313. The number of halogens is 1. The zero-order valence-corrected chi connectivity index (χ0v) is 12.6. The van der Waals surface area contributed by atoms with Crippen molar-refractivity contribution in [1.82, 2.24) is 0 Å². The summed E-state index contributed by atoms with van der Waals surface area (Å²) in [6.45, 7) is 4.69. The van der Waals surface area contributed by atoms with Crippen LogP contribution < -0.4 is 4.74 Å². The smallest absolute Gasteiger partial charge is 0.119 e. The monoisotopic (exact) mass is 296 g/mol. The molecular weight excluding hydrogens is 280 g/mol. The Hall–Kier alpha value is -1.03. The third-order valence-electron chi connectivity index (χ3n) is 2.79. The van der Waals surface area contributed by atoms with Crippen LogP contribution in [0.5, 0.6) is 5.75 Å². The van der Waals surface area contributed by atoms with Gasteiger partial charge in [-0.05, 0) is 42.7 Å². The molecule has 0 saturated heterocycles. The number of ether oxygens (including phenoxy) is 1. The van der Waals surface area contributed by atoms with Crippen LogP contribution in [0.15, 0.2) is 30.3 Å².